The molecule has 2 aromatic heterocycles. The molecule has 0 amide bonds. The van der Waals surface area contributed by atoms with Gasteiger partial charge in [0.25, 0.3) is 0 Å². The van der Waals surface area contributed by atoms with Crippen LogP contribution in [0.4, 0.5) is 0 Å². The number of nitrogens with zero attached hydrogens (tertiary/aromatic N) is 1. The summed E-state index contributed by atoms with van der Waals surface area (Å²) in [6.07, 6.45) is 5.41. The number of aromatic nitrogens is 3. The maximum Gasteiger partial charge on any atom is 0.193 e. The Hall–Kier alpha value is -1.38. The van der Waals surface area contributed by atoms with Gasteiger partial charge in [-0.15, -0.1) is 0 Å². The SMILES string of the molecule is c1nc2cc[nH+]cc2[nH]1. The number of hydrogen-bond acceptors (Lipinski definition) is 1. The van der Waals surface area contributed by atoms with Crippen LogP contribution in [0.1, 0.15) is 0 Å². The predicted octanol–water partition coefficient (Wildman–Crippen LogP) is 0.377. The van der Waals surface area contributed by atoms with Gasteiger partial charge in [-0.1, -0.05) is 0 Å². The third kappa shape index (κ3) is 0.579. The van der Waals surface area contributed by atoms with Gasteiger partial charge in [-0.3, -0.25) is 0 Å². The smallest absolute Gasteiger partial charge is 0.193 e. The standard InChI is InChI=1S/C6H5N3/c1-2-7-3-6-5(1)8-4-9-6/h1-4H,(H,8,9)/p+1. The summed E-state index contributed by atoms with van der Waals surface area (Å²) in [6, 6.07) is 1.92. The average Bonchev–Trinajstić information content (AvgIpc) is 2.33. The van der Waals surface area contributed by atoms with Crippen LogP contribution >= 0.6 is 0 Å². The van der Waals surface area contributed by atoms with Gasteiger partial charge in [-0.05, 0) is 0 Å². The van der Waals surface area contributed by atoms with Crippen molar-refractivity contribution < 1.29 is 4.98 Å². The van der Waals surface area contributed by atoms with Crippen molar-refractivity contribution in [2.45, 2.75) is 0 Å². The van der Waals surface area contributed by atoms with E-state index in [1.165, 1.54) is 0 Å². The second-order valence-electron chi connectivity index (χ2n) is 1.85. The zero-order chi connectivity index (χ0) is 6.10. The molecule has 0 spiro atoms. The van der Waals surface area contributed by atoms with E-state index in [9.17, 15) is 0 Å². The van der Waals surface area contributed by atoms with E-state index in [0.717, 1.165) is 11.0 Å². The second kappa shape index (κ2) is 1.55. The van der Waals surface area contributed by atoms with Crippen molar-refractivity contribution in [1.82, 2.24) is 9.97 Å². The molecular weight excluding hydrogens is 114 g/mol. The lowest BCUT2D eigenvalue weighted by Gasteiger charge is -1.75. The molecule has 0 unspecified atom stereocenters. The van der Waals surface area contributed by atoms with Crippen molar-refractivity contribution in [3.05, 3.63) is 24.8 Å². The number of hydrogen-bond donors (Lipinski definition) is 1. The first-order chi connectivity index (χ1) is 4.47. The average molecular weight is 120 g/mol. The van der Waals surface area contributed by atoms with Crippen molar-refractivity contribution in [2.75, 3.05) is 0 Å². The fourth-order valence-corrected chi connectivity index (χ4v) is 0.822. The number of H-pyrrole nitrogens is 2. The molecule has 44 valence electrons. The summed E-state index contributed by atoms with van der Waals surface area (Å²) < 4.78 is 0. The molecular formula is C6H6N3+. The molecule has 0 bridgehead atoms. The Morgan fingerprint density at radius 3 is 3.44 bits per heavy atom. The maximum absolute atomic E-state index is 4.04. The first-order valence-electron chi connectivity index (χ1n) is 2.76. The molecule has 0 saturated heterocycles. The summed E-state index contributed by atoms with van der Waals surface area (Å²) in [5.74, 6) is 0. The molecule has 0 saturated carbocycles. The zero-order valence-electron chi connectivity index (χ0n) is 4.76. The lowest BCUT2D eigenvalue weighted by atomic mass is 10.4. The maximum atomic E-state index is 4.04. The van der Waals surface area contributed by atoms with E-state index in [0.29, 0.717) is 0 Å². The summed E-state index contributed by atoms with van der Waals surface area (Å²) in [5.41, 5.74) is 2.03. The Kier molecular flexibility index (Phi) is 0.773. The third-order valence-electron chi connectivity index (χ3n) is 1.26. The molecule has 0 aromatic carbocycles. The van der Waals surface area contributed by atoms with Crippen LogP contribution in [0.5, 0.6) is 0 Å². The molecule has 3 heteroatoms. The number of nitrogens with one attached hydrogen (secondary N) is 2. The lowest BCUT2D eigenvalue weighted by molar-refractivity contribution is -0.376. The van der Waals surface area contributed by atoms with Gasteiger partial charge in [-0.2, -0.15) is 0 Å². The summed E-state index contributed by atoms with van der Waals surface area (Å²) >= 11 is 0. The summed E-state index contributed by atoms with van der Waals surface area (Å²) in [6.45, 7) is 0. The van der Waals surface area contributed by atoms with Crippen LogP contribution in [0.25, 0.3) is 11.0 Å². The first-order valence-corrected chi connectivity index (χ1v) is 2.76. The summed E-state index contributed by atoms with van der Waals surface area (Å²) in [5, 5.41) is 0. The van der Waals surface area contributed by atoms with Crippen LogP contribution in [0.3, 0.4) is 0 Å². The minimum absolute atomic E-state index is 0.994. The molecule has 2 N–H and O–H groups in total. The summed E-state index contributed by atoms with van der Waals surface area (Å²) in [7, 11) is 0. The largest absolute Gasteiger partial charge is 0.340 e. The van der Waals surface area contributed by atoms with E-state index in [1.54, 1.807) is 6.33 Å². The van der Waals surface area contributed by atoms with Gasteiger partial charge < -0.3 is 4.98 Å². The van der Waals surface area contributed by atoms with E-state index in [1.807, 2.05) is 18.5 Å². The highest BCUT2D eigenvalue weighted by Crippen LogP contribution is 2.01. The Morgan fingerprint density at radius 2 is 2.56 bits per heavy atom. The van der Waals surface area contributed by atoms with E-state index in [-0.39, 0.29) is 0 Å². The molecule has 0 aliphatic rings. The molecule has 3 nitrogen and oxygen atoms in total. The Bertz CT molecular complexity index is 282. The van der Waals surface area contributed by atoms with Gasteiger partial charge in [0.2, 0.25) is 0 Å². The summed E-state index contributed by atoms with van der Waals surface area (Å²) in [4.78, 5) is 9.97. The minimum atomic E-state index is 0.994. The van der Waals surface area contributed by atoms with Crippen LogP contribution in [-0.4, -0.2) is 9.97 Å². The molecule has 0 radical (unpaired) electrons. The Labute approximate surface area is 51.8 Å². The molecule has 0 aliphatic heterocycles. The number of fused-ring (bicyclic) bond motifs is 1. The predicted molar refractivity (Wildman–Crippen MR) is 32.6 cm³/mol. The highest BCUT2D eigenvalue weighted by molar-refractivity contribution is 5.71. The Balaban J connectivity index is 2.95. The number of imidazole rings is 1. The van der Waals surface area contributed by atoms with Crippen molar-refractivity contribution in [3.63, 3.8) is 0 Å². The fraction of sp³-hybridized carbons (Fsp3) is 0. The Morgan fingerprint density at radius 1 is 1.56 bits per heavy atom. The van der Waals surface area contributed by atoms with E-state index in [2.05, 4.69) is 15.0 Å². The normalized spacial score (nSPS) is 10.2. The molecule has 2 heterocycles. The van der Waals surface area contributed by atoms with Crippen LogP contribution in [0.2, 0.25) is 0 Å². The van der Waals surface area contributed by atoms with E-state index >= 15 is 0 Å². The van der Waals surface area contributed by atoms with Crippen molar-refractivity contribution in [2.24, 2.45) is 0 Å². The molecule has 0 atom stereocenters. The number of aromatic amines is 2. The van der Waals surface area contributed by atoms with Crippen LogP contribution in [-0.2, 0) is 0 Å². The molecule has 0 aliphatic carbocycles. The third-order valence-corrected chi connectivity index (χ3v) is 1.26. The molecule has 9 heavy (non-hydrogen) atoms. The van der Waals surface area contributed by atoms with Crippen LogP contribution in [0.15, 0.2) is 24.8 Å². The number of pyridine rings is 1. The molecule has 2 aromatic rings. The number of rotatable bonds is 0. The second-order valence-corrected chi connectivity index (χ2v) is 1.85. The van der Waals surface area contributed by atoms with Gasteiger partial charge in [0.1, 0.15) is 11.0 Å². The van der Waals surface area contributed by atoms with Crippen LogP contribution < -0.4 is 4.98 Å². The monoisotopic (exact) mass is 120 g/mol. The minimum Gasteiger partial charge on any atom is -0.340 e. The van der Waals surface area contributed by atoms with Gasteiger partial charge in [0, 0.05) is 6.07 Å². The quantitative estimate of drug-likeness (QED) is 0.536. The highest BCUT2D eigenvalue weighted by atomic mass is 14.9. The highest BCUT2D eigenvalue weighted by Gasteiger charge is 1.93. The first kappa shape index (κ1) is 4.49. The topological polar surface area (TPSA) is 42.8 Å². The van der Waals surface area contributed by atoms with E-state index < -0.39 is 0 Å². The van der Waals surface area contributed by atoms with Crippen LogP contribution in [0, 0.1) is 0 Å². The van der Waals surface area contributed by atoms with Gasteiger partial charge >= 0.3 is 0 Å². The molecule has 0 fully saturated rings. The van der Waals surface area contributed by atoms with Gasteiger partial charge in [-0.25, -0.2) is 9.97 Å². The van der Waals surface area contributed by atoms with Gasteiger partial charge in [0.15, 0.2) is 12.4 Å². The lowest BCUT2D eigenvalue weighted by Crippen LogP contribution is -1.96. The molecule has 2 rings (SSSR count). The van der Waals surface area contributed by atoms with E-state index in [4.69, 9.17) is 0 Å². The van der Waals surface area contributed by atoms with Gasteiger partial charge in [0.05, 0.1) is 6.33 Å². The zero-order valence-corrected chi connectivity index (χ0v) is 4.76. The van der Waals surface area contributed by atoms with Crippen molar-refractivity contribution in [1.29, 1.82) is 0 Å². The van der Waals surface area contributed by atoms with Crippen molar-refractivity contribution in [3.8, 4) is 0 Å². The van der Waals surface area contributed by atoms with Crippen molar-refractivity contribution >= 4 is 11.0 Å². The fourth-order valence-electron chi connectivity index (χ4n) is 0.822.